The van der Waals surface area contributed by atoms with Gasteiger partial charge in [0.25, 0.3) is 0 Å². The lowest BCUT2D eigenvalue weighted by Crippen LogP contribution is -2.35. The van der Waals surface area contributed by atoms with E-state index in [0.717, 1.165) is 49.5 Å². The lowest BCUT2D eigenvalue weighted by atomic mass is 10.0. The highest BCUT2D eigenvalue weighted by molar-refractivity contribution is 5.95. The van der Waals surface area contributed by atoms with Gasteiger partial charge in [-0.3, -0.25) is 9.69 Å². The molecule has 0 saturated carbocycles. The topological polar surface area (TPSA) is 29.5 Å². The van der Waals surface area contributed by atoms with Gasteiger partial charge < -0.3 is 4.74 Å². The summed E-state index contributed by atoms with van der Waals surface area (Å²) in [7, 11) is 0. The van der Waals surface area contributed by atoms with Crippen molar-refractivity contribution in [2.45, 2.75) is 13.5 Å². The largest absolute Gasteiger partial charge is 0.379 e. The summed E-state index contributed by atoms with van der Waals surface area (Å²) in [6.07, 6.45) is 0. The van der Waals surface area contributed by atoms with E-state index in [1.54, 1.807) is 6.92 Å². The lowest BCUT2D eigenvalue weighted by Gasteiger charge is -2.26. The van der Waals surface area contributed by atoms with Crippen molar-refractivity contribution < 1.29 is 9.53 Å². The molecule has 1 aliphatic heterocycles. The van der Waals surface area contributed by atoms with Crippen LogP contribution in [-0.4, -0.2) is 37.0 Å². The van der Waals surface area contributed by atoms with Crippen LogP contribution in [0.1, 0.15) is 22.8 Å². The molecule has 3 nitrogen and oxygen atoms in total. The summed E-state index contributed by atoms with van der Waals surface area (Å²) in [4.78, 5) is 13.9. The van der Waals surface area contributed by atoms with E-state index in [2.05, 4.69) is 29.2 Å². The third-order valence-electron chi connectivity index (χ3n) is 4.07. The molecule has 1 aliphatic rings. The molecule has 3 heteroatoms. The monoisotopic (exact) mass is 295 g/mol. The van der Waals surface area contributed by atoms with Gasteiger partial charge in [0.05, 0.1) is 13.2 Å². The van der Waals surface area contributed by atoms with Crippen LogP contribution in [0.3, 0.4) is 0 Å². The van der Waals surface area contributed by atoms with Crippen molar-refractivity contribution in [3.8, 4) is 11.1 Å². The SMILES string of the molecule is CC(=O)c1cccc(-c2ccc(CN3CCOCC3)cc2)c1. The molecule has 0 unspecified atom stereocenters. The number of carbonyl (C=O) groups is 1. The second-order valence-electron chi connectivity index (χ2n) is 5.72. The van der Waals surface area contributed by atoms with Crippen LogP contribution in [0, 0.1) is 0 Å². The summed E-state index contributed by atoms with van der Waals surface area (Å²) in [5.74, 6) is 0.103. The van der Waals surface area contributed by atoms with Gasteiger partial charge >= 0.3 is 0 Å². The minimum Gasteiger partial charge on any atom is -0.379 e. The Bertz CT molecular complexity index is 643. The Morgan fingerprint density at radius 3 is 2.45 bits per heavy atom. The fraction of sp³-hybridized carbons (Fsp3) is 0.316. The van der Waals surface area contributed by atoms with E-state index in [4.69, 9.17) is 4.74 Å². The summed E-state index contributed by atoms with van der Waals surface area (Å²) in [6.45, 7) is 6.23. The second kappa shape index (κ2) is 6.86. The van der Waals surface area contributed by atoms with Gasteiger partial charge in [-0.2, -0.15) is 0 Å². The van der Waals surface area contributed by atoms with Gasteiger partial charge in [-0.25, -0.2) is 0 Å². The summed E-state index contributed by atoms with van der Waals surface area (Å²) in [5.41, 5.74) is 4.31. The van der Waals surface area contributed by atoms with Gasteiger partial charge in [-0.05, 0) is 29.7 Å². The Kier molecular flexibility index (Phi) is 4.66. The van der Waals surface area contributed by atoms with Crippen LogP contribution >= 0.6 is 0 Å². The van der Waals surface area contributed by atoms with Crippen LogP contribution in [-0.2, 0) is 11.3 Å². The van der Waals surface area contributed by atoms with Crippen molar-refractivity contribution in [1.29, 1.82) is 0 Å². The Hall–Kier alpha value is -1.97. The number of Topliss-reactive ketones (excluding diaryl/α,β-unsaturated/α-hetero) is 1. The number of morpholine rings is 1. The molecule has 0 radical (unpaired) electrons. The minimum absolute atomic E-state index is 0.103. The molecule has 0 amide bonds. The first-order chi connectivity index (χ1) is 10.7. The third kappa shape index (κ3) is 3.62. The summed E-state index contributed by atoms with van der Waals surface area (Å²) in [5, 5.41) is 0. The van der Waals surface area contributed by atoms with Crippen molar-refractivity contribution in [1.82, 2.24) is 4.90 Å². The predicted molar refractivity (Wildman–Crippen MR) is 88.0 cm³/mol. The Labute approximate surface area is 131 Å². The van der Waals surface area contributed by atoms with Crippen LogP contribution < -0.4 is 0 Å². The molecule has 0 bridgehead atoms. The summed E-state index contributed by atoms with van der Waals surface area (Å²) >= 11 is 0. The molecular formula is C19H21NO2. The zero-order valence-corrected chi connectivity index (χ0v) is 12.9. The highest BCUT2D eigenvalue weighted by Crippen LogP contribution is 2.22. The average Bonchev–Trinajstić information content (AvgIpc) is 2.56. The average molecular weight is 295 g/mol. The third-order valence-corrected chi connectivity index (χ3v) is 4.07. The standard InChI is InChI=1S/C19H21NO2/c1-15(21)18-3-2-4-19(13-18)17-7-5-16(6-8-17)14-20-9-11-22-12-10-20/h2-8,13H,9-12,14H2,1H3. The molecule has 0 atom stereocenters. The molecule has 0 aliphatic carbocycles. The number of carbonyl (C=O) groups excluding carboxylic acids is 1. The summed E-state index contributed by atoms with van der Waals surface area (Å²) < 4.78 is 5.38. The molecule has 114 valence electrons. The molecule has 22 heavy (non-hydrogen) atoms. The summed E-state index contributed by atoms with van der Waals surface area (Å²) in [6, 6.07) is 16.4. The molecule has 0 aromatic heterocycles. The quantitative estimate of drug-likeness (QED) is 0.810. The molecule has 0 spiro atoms. The fourth-order valence-electron chi connectivity index (χ4n) is 2.74. The van der Waals surface area contributed by atoms with Crippen LogP contribution in [0.25, 0.3) is 11.1 Å². The van der Waals surface area contributed by atoms with Crippen LogP contribution in [0.15, 0.2) is 48.5 Å². The number of rotatable bonds is 4. The molecular weight excluding hydrogens is 274 g/mol. The molecule has 2 aromatic rings. The predicted octanol–water partition coefficient (Wildman–Crippen LogP) is 3.39. The van der Waals surface area contributed by atoms with E-state index in [1.165, 1.54) is 5.56 Å². The van der Waals surface area contributed by atoms with E-state index in [0.29, 0.717) is 0 Å². The second-order valence-corrected chi connectivity index (χ2v) is 5.72. The van der Waals surface area contributed by atoms with E-state index in [-0.39, 0.29) is 5.78 Å². The Balaban J connectivity index is 1.73. The normalized spacial score (nSPS) is 15.7. The number of hydrogen-bond donors (Lipinski definition) is 0. The maximum absolute atomic E-state index is 11.5. The number of ketones is 1. The van der Waals surface area contributed by atoms with Gasteiger partial charge in [-0.15, -0.1) is 0 Å². The fourth-order valence-corrected chi connectivity index (χ4v) is 2.74. The van der Waals surface area contributed by atoms with Gasteiger partial charge in [0, 0.05) is 25.2 Å². The molecule has 1 heterocycles. The molecule has 1 saturated heterocycles. The number of nitrogens with zero attached hydrogens (tertiary/aromatic N) is 1. The molecule has 0 N–H and O–H groups in total. The zero-order valence-electron chi connectivity index (χ0n) is 12.9. The van der Waals surface area contributed by atoms with E-state index in [1.807, 2.05) is 24.3 Å². The molecule has 3 rings (SSSR count). The Morgan fingerprint density at radius 1 is 1.05 bits per heavy atom. The first kappa shape index (κ1) is 14.9. The molecule has 1 fully saturated rings. The number of ether oxygens (including phenoxy) is 1. The minimum atomic E-state index is 0.103. The number of hydrogen-bond acceptors (Lipinski definition) is 3. The van der Waals surface area contributed by atoms with Crippen molar-refractivity contribution in [3.63, 3.8) is 0 Å². The maximum Gasteiger partial charge on any atom is 0.159 e. The highest BCUT2D eigenvalue weighted by atomic mass is 16.5. The maximum atomic E-state index is 11.5. The van der Waals surface area contributed by atoms with E-state index < -0.39 is 0 Å². The van der Waals surface area contributed by atoms with Gasteiger partial charge in [0.15, 0.2) is 5.78 Å². The van der Waals surface area contributed by atoms with Gasteiger partial charge in [-0.1, -0.05) is 42.5 Å². The van der Waals surface area contributed by atoms with Crippen molar-refractivity contribution >= 4 is 5.78 Å². The first-order valence-corrected chi connectivity index (χ1v) is 7.73. The van der Waals surface area contributed by atoms with Crippen molar-refractivity contribution in [2.24, 2.45) is 0 Å². The van der Waals surface area contributed by atoms with E-state index >= 15 is 0 Å². The zero-order chi connectivity index (χ0) is 15.4. The molecule has 2 aromatic carbocycles. The van der Waals surface area contributed by atoms with Gasteiger partial charge in [0.1, 0.15) is 0 Å². The van der Waals surface area contributed by atoms with Crippen LogP contribution in [0.4, 0.5) is 0 Å². The smallest absolute Gasteiger partial charge is 0.159 e. The lowest BCUT2D eigenvalue weighted by molar-refractivity contribution is 0.0342. The Morgan fingerprint density at radius 2 is 1.77 bits per heavy atom. The van der Waals surface area contributed by atoms with Crippen molar-refractivity contribution in [3.05, 3.63) is 59.7 Å². The number of benzene rings is 2. The highest BCUT2D eigenvalue weighted by Gasteiger charge is 2.10. The van der Waals surface area contributed by atoms with Gasteiger partial charge in [0.2, 0.25) is 0 Å². The van der Waals surface area contributed by atoms with E-state index in [9.17, 15) is 4.79 Å². The van der Waals surface area contributed by atoms with Crippen LogP contribution in [0.5, 0.6) is 0 Å². The van der Waals surface area contributed by atoms with Crippen LogP contribution in [0.2, 0.25) is 0 Å². The first-order valence-electron chi connectivity index (χ1n) is 7.73. The van der Waals surface area contributed by atoms with Crippen molar-refractivity contribution in [2.75, 3.05) is 26.3 Å².